The molecule has 0 fully saturated rings. The second-order valence-corrected chi connectivity index (χ2v) is 9.05. The number of aromatic hydroxyl groups is 1. The third-order valence-electron chi connectivity index (χ3n) is 6.22. The summed E-state index contributed by atoms with van der Waals surface area (Å²) in [6.07, 6.45) is 1.21. The Morgan fingerprint density at radius 1 is 1.06 bits per heavy atom. The van der Waals surface area contributed by atoms with Crippen LogP contribution >= 0.6 is 11.8 Å². The molecule has 32 heavy (non-hydrogen) atoms. The van der Waals surface area contributed by atoms with Gasteiger partial charge in [0.1, 0.15) is 5.56 Å². The number of amides is 1. The number of pyridine rings is 1. The van der Waals surface area contributed by atoms with E-state index in [-0.39, 0.29) is 11.6 Å². The minimum Gasteiger partial charge on any atom is -0.503 e. The predicted molar refractivity (Wildman–Crippen MR) is 120 cm³/mol. The maximum absolute atomic E-state index is 12.9. The molecule has 3 heterocycles. The summed E-state index contributed by atoms with van der Waals surface area (Å²) in [7, 11) is 1.62. The molecule has 0 bridgehead atoms. The number of carboxylic acids is 1. The van der Waals surface area contributed by atoms with E-state index in [0.29, 0.717) is 6.54 Å². The lowest BCUT2D eigenvalue weighted by molar-refractivity contribution is 0.0670. The molecule has 0 saturated carbocycles. The number of carbonyl (C=O) groups excluding carboxylic acids is 1. The largest absolute Gasteiger partial charge is 0.503 e. The smallest absolute Gasteiger partial charge is 0.341 e. The molecule has 2 aliphatic heterocycles. The summed E-state index contributed by atoms with van der Waals surface area (Å²) < 4.78 is 1.50. The average molecular weight is 449 g/mol. The molecule has 1 unspecified atom stereocenters. The van der Waals surface area contributed by atoms with Crippen molar-refractivity contribution in [3.8, 4) is 5.75 Å². The molecule has 2 atom stereocenters. The number of aromatic carboxylic acids is 1. The highest BCUT2D eigenvalue weighted by molar-refractivity contribution is 7.98. The fourth-order valence-electron chi connectivity index (χ4n) is 4.72. The Bertz CT molecular complexity index is 1280. The van der Waals surface area contributed by atoms with Crippen LogP contribution in [0.3, 0.4) is 0 Å². The second kappa shape index (κ2) is 7.56. The monoisotopic (exact) mass is 448 g/mol. The second-order valence-electron chi connectivity index (χ2n) is 8.04. The standard InChI is InChI=1S/C24H20N2O5S/c1-25-11-17(26-10-16(24(30)31)21(27)22(28)20(26)23(25)29)19-14-7-3-2-6-13(14)12-32-18-9-5-4-8-15(18)19/h2-10,17,19,28H,11-12H2,1H3,(H,30,31)/t17-,19?/m1/s1. The fraction of sp³-hybridized carbons (Fsp3) is 0.208. The number of rotatable bonds is 2. The molecule has 0 spiro atoms. The topological polar surface area (TPSA) is 99.8 Å². The van der Waals surface area contributed by atoms with Crippen LogP contribution in [0.5, 0.6) is 5.75 Å². The van der Waals surface area contributed by atoms with Gasteiger partial charge in [-0.05, 0) is 22.8 Å². The Balaban J connectivity index is 1.82. The first-order chi connectivity index (χ1) is 15.4. The lowest BCUT2D eigenvalue weighted by atomic mass is 9.81. The highest BCUT2D eigenvalue weighted by Gasteiger charge is 2.40. The van der Waals surface area contributed by atoms with Crippen LogP contribution in [0, 0.1) is 0 Å². The maximum atomic E-state index is 12.9. The van der Waals surface area contributed by atoms with Crippen molar-refractivity contribution in [2.45, 2.75) is 22.6 Å². The Kier molecular flexibility index (Phi) is 4.82. The Hall–Kier alpha value is -3.52. The van der Waals surface area contributed by atoms with Crippen LogP contribution in [0.1, 0.15) is 49.5 Å². The van der Waals surface area contributed by atoms with Crippen molar-refractivity contribution in [1.82, 2.24) is 9.47 Å². The number of hydrogen-bond acceptors (Lipinski definition) is 5. The molecule has 1 amide bonds. The van der Waals surface area contributed by atoms with Crippen molar-refractivity contribution in [3.05, 3.63) is 92.9 Å². The van der Waals surface area contributed by atoms with E-state index in [2.05, 4.69) is 18.2 Å². The van der Waals surface area contributed by atoms with E-state index >= 15 is 0 Å². The molecule has 0 radical (unpaired) electrons. The number of carboxylic acid groups (broad SMARTS) is 1. The molecule has 8 heteroatoms. The third-order valence-corrected chi connectivity index (χ3v) is 7.36. The highest BCUT2D eigenvalue weighted by Crippen LogP contribution is 2.47. The number of hydrogen-bond donors (Lipinski definition) is 2. The molecule has 5 rings (SSSR count). The van der Waals surface area contributed by atoms with Gasteiger partial charge in [-0.25, -0.2) is 4.79 Å². The molecule has 0 saturated heterocycles. The molecule has 2 aliphatic rings. The number of benzene rings is 2. The van der Waals surface area contributed by atoms with Gasteiger partial charge >= 0.3 is 5.97 Å². The molecule has 162 valence electrons. The van der Waals surface area contributed by atoms with E-state index in [9.17, 15) is 24.6 Å². The molecular formula is C24H20N2O5S. The van der Waals surface area contributed by atoms with E-state index in [0.717, 1.165) is 27.3 Å². The first-order valence-electron chi connectivity index (χ1n) is 10.1. The van der Waals surface area contributed by atoms with Gasteiger partial charge in [-0.15, -0.1) is 11.8 Å². The molecule has 2 N–H and O–H groups in total. The minimum absolute atomic E-state index is 0.175. The van der Waals surface area contributed by atoms with Crippen molar-refractivity contribution >= 4 is 23.6 Å². The van der Waals surface area contributed by atoms with Crippen LogP contribution in [-0.2, 0) is 5.75 Å². The normalized spacial score (nSPS) is 19.5. The first-order valence-corrected chi connectivity index (χ1v) is 11.1. The van der Waals surface area contributed by atoms with Crippen LogP contribution in [0.15, 0.2) is 64.4 Å². The Morgan fingerprint density at radius 3 is 2.50 bits per heavy atom. The average Bonchev–Trinajstić information content (AvgIpc) is 2.95. The van der Waals surface area contributed by atoms with Gasteiger partial charge in [-0.2, -0.15) is 0 Å². The quantitative estimate of drug-likeness (QED) is 0.624. The summed E-state index contributed by atoms with van der Waals surface area (Å²) in [4.78, 5) is 39.7. The van der Waals surface area contributed by atoms with Crippen molar-refractivity contribution in [3.63, 3.8) is 0 Å². The van der Waals surface area contributed by atoms with Crippen LogP contribution in [-0.4, -0.2) is 45.1 Å². The van der Waals surface area contributed by atoms with Gasteiger partial charge in [-0.1, -0.05) is 42.5 Å². The summed E-state index contributed by atoms with van der Waals surface area (Å²) in [5.74, 6) is -2.21. The van der Waals surface area contributed by atoms with Gasteiger partial charge in [0.2, 0.25) is 5.43 Å². The van der Waals surface area contributed by atoms with Gasteiger partial charge < -0.3 is 19.7 Å². The summed E-state index contributed by atoms with van der Waals surface area (Å²) in [5, 5.41) is 20.1. The zero-order chi connectivity index (χ0) is 22.6. The summed E-state index contributed by atoms with van der Waals surface area (Å²) in [5.41, 5.74) is 1.52. The number of thioether (sulfide) groups is 1. The third kappa shape index (κ3) is 3.02. The lowest BCUT2D eigenvalue weighted by Crippen LogP contribution is -2.44. The van der Waals surface area contributed by atoms with Gasteiger partial charge in [0.25, 0.3) is 5.91 Å². The zero-order valence-corrected chi connectivity index (χ0v) is 18.0. The molecule has 3 aromatic rings. The molecule has 2 aromatic carbocycles. The van der Waals surface area contributed by atoms with E-state index < -0.39 is 34.7 Å². The molecule has 1 aromatic heterocycles. The number of fused-ring (bicyclic) bond motifs is 3. The van der Waals surface area contributed by atoms with Crippen molar-refractivity contribution < 1.29 is 19.8 Å². The summed E-state index contributed by atoms with van der Waals surface area (Å²) in [6, 6.07) is 15.7. The van der Waals surface area contributed by atoms with Crippen LogP contribution in [0.25, 0.3) is 0 Å². The van der Waals surface area contributed by atoms with Crippen LogP contribution in [0.2, 0.25) is 0 Å². The van der Waals surface area contributed by atoms with E-state index in [1.165, 1.54) is 15.7 Å². The number of likely N-dealkylation sites (N-methyl/N-ethyl adjacent to an activating group) is 1. The number of aromatic nitrogens is 1. The minimum atomic E-state index is -1.44. The van der Waals surface area contributed by atoms with Crippen LogP contribution < -0.4 is 5.43 Å². The number of carbonyl (C=O) groups is 2. The Labute approximate surface area is 187 Å². The highest BCUT2D eigenvalue weighted by atomic mass is 32.2. The molecule has 7 nitrogen and oxygen atoms in total. The number of nitrogens with zero attached hydrogens (tertiary/aromatic N) is 2. The van der Waals surface area contributed by atoms with Gasteiger partial charge in [0.15, 0.2) is 11.4 Å². The van der Waals surface area contributed by atoms with E-state index in [1.807, 2.05) is 30.3 Å². The lowest BCUT2D eigenvalue weighted by Gasteiger charge is -2.39. The maximum Gasteiger partial charge on any atom is 0.341 e. The van der Waals surface area contributed by atoms with E-state index in [4.69, 9.17) is 0 Å². The molecular weight excluding hydrogens is 428 g/mol. The van der Waals surface area contributed by atoms with Crippen molar-refractivity contribution in [1.29, 1.82) is 0 Å². The van der Waals surface area contributed by atoms with Gasteiger partial charge in [-0.3, -0.25) is 9.59 Å². The van der Waals surface area contributed by atoms with Crippen molar-refractivity contribution in [2.75, 3.05) is 13.6 Å². The zero-order valence-electron chi connectivity index (χ0n) is 17.2. The van der Waals surface area contributed by atoms with Gasteiger partial charge in [0.05, 0.1) is 6.04 Å². The predicted octanol–water partition coefficient (Wildman–Crippen LogP) is 3.32. The van der Waals surface area contributed by atoms with Crippen LogP contribution in [0.4, 0.5) is 0 Å². The Morgan fingerprint density at radius 2 is 1.75 bits per heavy atom. The summed E-state index contributed by atoms with van der Waals surface area (Å²) >= 11 is 1.73. The van der Waals surface area contributed by atoms with E-state index in [1.54, 1.807) is 18.8 Å². The fourth-order valence-corrected chi connectivity index (χ4v) is 5.83. The molecule has 0 aliphatic carbocycles. The summed E-state index contributed by atoms with van der Waals surface area (Å²) in [6.45, 7) is 0.297. The first kappa shape index (κ1) is 20.4. The van der Waals surface area contributed by atoms with Crippen molar-refractivity contribution in [2.24, 2.45) is 0 Å². The SMILES string of the molecule is CN1C[C@H](C2c3ccccc3CSc3ccccc32)n2cc(C(=O)O)c(=O)c(O)c2C1=O. The van der Waals surface area contributed by atoms with Gasteiger partial charge in [0, 0.05) is 36.4 Å².